The molecule has 2 aromatic heterocycles. The summed E-state index contributed by atoms with van der Waals surface area (Å²) in [6.07, 6.45) is 3.13. The van der Waals surface area contributed by atoms with E-state index >= 15 is 0 Å². The zero-order chi connectivity index (χ0) is 17.1. The molecule has 0 aliphatic carbocycles. The van der Waals surface area contributed by atoms with E-state index in [1.54, 1.807) is 16.9 Å². The van der Waals surface area contributed by atoms with E-state index in [2.05, 4.69) is 15.4 Å². The fraction of sp³-hybridized carbons (Fsp3) is 0.176. The number of imide groups is 1. The second kappa shape index (κ2) is 6.49. The van der Waals surface area contributed by atoms with Gasteiger partial charge in [0.05, 0.1) is 18.3 Å². The van der Waals surface area contributed by atoms with Crippen LogP contribution in [0.25, 0.3) is 11.0 Å². The van der Waals surface area contributed by atoms with Gasteiger partial charge in [-0.25, -0.2) is 14.5 Å². The van der Waals surface area contributed by atoms with Crippen molar-refractivity contribution < 1.29 is 9.59 Å². The molecule has 122 valence electrons. The van der Waals surface area contributed by atoms with E-state index in [0.717, 1.165) is 15.8 Å². The third kappa shape index (κ3) is 2.96. The van der Waals surface area contributed by atoms with E-state index < -0.39 is 11.9 Å². The summed E-state index contributed by atoms with van der Waals surface area (Å²) in [6.45, 7) is 0.600. The molecule has 24 heavy (non-hydrogen) atoms. The van der Waals surface area contributed by atoms with Gasteiger partial charge in [-0.3, -0.25) is 9.69 Å². The number of nitrogens with one attached hydrogen (secondary N) is 1. The van der Waals surface area contributed by atoms with E-state index in [-0.39, 0.29) is 0 Å². The van der Waals surface area contributed by atoms with Crippen LogP contribution >= 0.6 is 0 Å². The van der Waals surface area contributed by atoms with Crippen molar-refractivity contribution in [1.82, 2.24) is 25.0 Å². The van der Waals surface area contributed by atoms with Crippen molar-refractivity contribution in [3.8, 4) is 0 Å². The number of rotatable bonds is 3. The molecule has 7 nitrogen and oxygen atoms in total. The van der Waals surface area contributed by atoms with Gasteiger partial charge in [0, 0.05) is 25.7 Å². The van der Waals surface area contributed by atoms with Gasteiger partial charge in [-0.15, -0.1) is 0 Å². The Hall–Kier alpha value is -3.22. The molecule has 0 aliphatic heterocycles. The number of hydrogen-bond acceptors (Lipinski definition) is 4. The van der Waals surface area contributed by atoms with Crippen molar-refractivity contribution in [2.24, 2.45) is 0 Å². The molecule has 7 heteroatoms. The van der Waals surface area contributed by atoms with Crippen LogP contribution in [-0.4, -0.2) is 45.7 Å². The highest BCUT2D eigenvalue weighted by Crippen LogP contribution is 2.15. The minimum Gasteiger partial charge on any atom is -0.341 e. The van der Waals surface area contributed by atoms with Gasteiger partial charge in [0.1, 0.15) is 0 Å². The van der Waals surface area contributed by atoms with Crippen LogP contribution in [0.15, 0.2) is 48.8 Å². The van der Waals surface area contributed by atoms with Gasteiger partial charge in [-0.1, -0.05) is 30.3 Å². The standard InChI is InChI=1S/C17H17N5O2/c1-18-17(24)21(2)16(23)14-8-13-10-20-22(15(13)19-9-14)11-12-6-4-3-5-7-12/h3-10H,11H2,1-2H3,(H,18,24). The molecule has 0 spiro atoms. The first kappa shape index (κ1) is 15.7. The number of fused-ring (bicyclic) bond motifs is 1. The second-order valence-electron chi connectivity index (χ2n) is 5.34. The first-order valence-electron chi connectivity index (χ1n) is 7.45. The lowest BCUT2D eigenvalue weighted by Crippen LogP contribution is -2.39. The number of pyridine rings is 1. The van der Waals surface area contributed by atoms with Gasteiger partial charge in [0.15, 0.2) is 5.65 Å². The van der Waals surface area contributed by atoms with Crippen LogP contribution in [0.1, 0.15) is 15.9 Å². The zero-order valence-corrected chi connectivity index (χ0v) is 13.4. The van der Waals surface area contributed by atoms with Crippen LogP contribution in [0.2, 0.25) is 0 Å². The zero-order valence-electron chi connectivity index (χ0n) is 13.4. The van der Waals surface area contributed by atoms with E-state index in [1.807, 2.05) is 30.3 Å². The van der Waals surface area contributed by atoms with Crippen molar-refractivity contribution in [2.45, 2.75) is 6.54 Å². The molecule has 0 saturated carbocycles. The Balaban J connectivity index is 1.88. The third-order valence-corrected chi connectivity index (χ3v) is 3.72. The average molecular weight is 323 g/mol. The molecule has 3 amide bonds. The highest BCUT2D eigenvalue weighted by atomic mass is 16.2. The maximum absolute atomic E-state index is 12.3. The van der Waals surface area contributed by atoms with Gasteiger partial charge in [-0.2, -0.15) is 5.10 Å². The number of hydrogen-bond donors (Lipinski definition) is 1. The van der Waals surface area contributed by atoms with Crippen molar-refractivity contribution in [3.63, 3.8) is 0 Å². The Labute approximate surface area is 138 Å². The van der Waals surface area contributed by atoms with Gasteiger partial charge in [0.25, 0.3) is 5.91 Å². The van der Waals surface area contributed by atoms with E-state index in [1.165, 1.54) is 20.3 Å². The smallest absolute Gasteiger partial charge is 0.323 e. The predicted molar refractivity (Wildman–Crippen MR) is 89.6 cm³/mol. The molecule has 0 radical (unpaired) electrons. The summed E-state index contributed by atoms with van der Waals surface area (Å²) in [5.74, 6) is -0.417. The number of benzene rings is 1. The molecule has 0 aliphatic rings. The summed E-state index contributed by atoms with van der Waals surface area (Å²) in [5.41, 5.74) is 2.15. The highest BCUT2D eigenvalue weighted by molar-refractivity contribution is 6.05. The molecule has 2 heterocycles. The molecule has 0 fully saturated rings. The first-order chi connectivity index (χ1) is 11.6. The molecular formula is C17H17N5O2. The van der Waals surface area contributed by atoms with E-state index in [4.69, 9.17) is 0 Å². The summed E-state index contributed by atoms with van der Waals surface area (Å²) in [6, 6.07) is 11.2. The van der Waals surface area contributed by atoms with Crippen LogP contribution in [0.4, 0.5) is 4.79 Å². The first-order valence-corrected chi connectivity index (χ1v) is 7.45. The predicted octanol–water partition coefficient (Wildman–Crippen LogP) is 1.89. The number of urea groups is 1. The molecule has 0 atom stereocenters. The molecule has 0 unspecified atom stereocenters. The Morgan fingerprint density at radius 3 is 2.67 bits per heavy atom. The number of carbonyl (C=O) groups is 2. The number of carbonyl (C=O) groups excluding carboxylic acids is 2. The maximum atomic E-state index is 12.3. The molecule has 1 N–H and O–H groups in total. The van der Waals surface area contributed by atoms with Crippen molar-refractivity contribution >= 4 is 23.0 Å². The Morgan fingerprint density at radius 2 is 1.96 bits per heavy atom. The van der Waals surface area contributed by atoms with Crippen molar-refractivity contribution in [1.29, 1.82) is 0 Å². The molecule has 0 saturated heterocycles. The fourth-order valence-electron chi connectivity index (χ4n) is 2.41. The Bertz CT molecular complexity index is 888. The second-order valence-corrected chi connectivity index (χ2v) is 5.34. The Kier molecular flexibility index (Phi) is 4.24. The summed E-state index contributed by atoms with van der Waals surface area (Å²) in [5, 5.41) is 7.50. The van der Waals surface area contributed by atoms with Crippen molar-refractivity contribution in [3.05, 3.63) is 59.9 Å². The summed E-state index contributed by atoms with van der Waals surface area (Å²) < 4.78 is 1.78. The Morgan fingerprint density at radius 1 is 1.21 bits per heavy atom. The summed E-state index contributed by atoms with van der Waals surface area (Å²) in [4.78, 5) is 29.2. The van der Waals surface area contributed by atoms with Gasteiger partial charge >= 0.3 is 6.03 Å². The van der Waals surface area contributed by atoms with Gasteiger partial charge in [-0.05, 0) is 11.6 Å². The van der Waals surface area contributed by atoms with E-state index in [9.17, 15) is 9.59 Å². The molecule has 3 aromatic rings. The normalized spacial score (nSPS) is 10.6. The minimum absolute atomic E-state index is 0.341. The third-order valence-electron chi connectivity index (χ3n) is 3.72. The van der Waals surface area contributed by atoms with Crippen molar-refractivity contribution in [2.75, 3.05) is 14.1 Å². The largest absolute Gasteiger partial charge is 0.341 e. The summed E-state index contributed by atoms with van der Waals surface area (Å²) in [7, 11) is 2.89. The lowest BCUT2D eigenvalue weighted by atomic mass is 10.2. The topological polar surface area (TPSA) is 80.1 Å². The quantitative estimate of drug-likeness (QED) is 0.798. The molecule has 1 aromatic carbocycles. The van der Waals surface area contributed by atoms with Crippen LogP contribution in [0.5, 0.6) is 0 Å². The van der Waals surface area contributed by atoms with Gasteiger partial charge in [0.2, 0.25) is 0 Å². The number of aromatic nitrogens is 3. The maximum Gasteiger partial charge on any atom is 0.323 e. The molecular weight excluding hydrogens is 306 g/mol. The number of amides is 3. The van der Waals surface area contributed by atoms with Crippen LogP contribution < -0.4 is 5.32 Å². The van der Waals surface area contributed by atoms with Crippen LogP contribution in [0.3, 0.4) is 0 Å². The monoisotopic (exact) mass is 323 g/mol. The van der Waals surface area contributed by atoms with E-state index in [0.29, 0.717) is 17.8 Å². The number of nitrogens with zero attached hydrogens (tertiary/aromatic N) is 4. The van der Waals surface area contributed by atoms with Crippen LogP contribution in [-0.2, 0) is 6.54 Å². The minimum atomic E-state index is -0.472. The highest BCUT2D eigenvalue weighted by Gasteiger charge is 2.18. The fourth-order valence-corrected chi connectivity index (χ4v) is 2.41. The van der Waals surface area contributed by atoms with Gasteiger partial charge < -0.3 is 5.32 Å². The molecule has 0 bridgehead atoms. The lowest BCUT2D eigenvalue weighted by Gasteiger charge is -2.14. The van der Waals surface area contributed by atoms with Crippen LogP contribution in [0, 0.1) is 0 Å². The lowest BCUT2D eigenvalue weighted by molar-refractivity contribution is 0.0832. The summed E-state index contributed by atoms with van der Waals surface area (Å²) >= 11 is 0. The molecule has 3 rings (SSSR count). The SMILES string of the molecule is CNC(=O)N(C)C(=O)c1cnc2c(cnn2Cc2ccccc2)c1. The average Bonchev–Trinajstić information content (AvgIpc) is 3.02.